The molecule has 1 aromatic rings. The first-order valence-corrected chi connectivity index (χ1v) is 6.39. The lowest BCUT2D eigenvalue weighted by atomic mass is 10.0. The quantitative estimate of drug-likeness (QED) is 0.876. The lowest BCUT2D eigenvalue weighted by Crippen LogP contribution is -2.21. The molecule has 0 aliphatic carbocycles. The number of rotatable bonds is 3. The maximum absolute atomic E-state index is 9.73. The number of hydrogen-bond donors (Lipinski definition) is 1. The minimum Gasteiger partial charge on any atom is -0.389 e. The first kappa shape index (κ1) is 12.6. The number of aryl methyl sites for hydroxylation is 1. The first-order chi connectivity index (χ1) is 8.09. The van der Waals surface area contributed by atoms with Crippen LogP contribution in [0.4, 0.5) is 0 Å². The van der Waals surface area contributed by atoms with Crippen molar-refractivity contribution in [2.24, 2.45) is 5.92 Å². The third kappa shape index (κ3) is 2.69. The van der Waals surface area contributed by atoms with Gasteiger partial charge in [-0.2, -0.15) is 5.10 Å². The third-order valence-electron chi connectivity index (χ3n) is 3.63. The van der Waals surface area contributed by atoms with E-state index in [0.717, 1.165) is 49.6 Å². The van der Waals surface area contributed by atoms with Crippen molar-refractivity contribution >= 4 is 0 Å². The van der Waals surface area contributed by atoms with Gasteiger partial charge in [0.15, 0.2) is 0 Å². The fraction of sp³-hybridized carbons (Fsp3) is 0.769. The van der Waals surface area contributed by atoms with Crippen molar-refractivity contribution in [1.82, 2.24) is 9.78 Å². The van der Waals surface area contributed by atoms with E-state index in [1.807, 2.05) is 18.5 Å². The molecule has 1 fully saturated rings. The van der Waals surface area contributed by atoms with Crippen LogP contribution in [-0.2, 0) is 11.3 Å². The Morgan fingerprint density at radius 2 is 2.06 bits per heavy atom. The molecule has 0 amide bonds. The van der Waals surface area contributed by atoms with Gasteiger partial charge in [-0.3, -0.25) is 4.68 Å². The molecule has 2 rings (SSSR count). The van der Waals surface area contributed by atoms with Gasteiger partial charge in [-0.05, 0) is 39.5 Å². The first-order valence-electron chi connectivity index (χ1n) is 6.39. The minimum atomic E-state index is -0.432. The molecule has 1 aliphatic heterocycles. The van der Waals surface area contributed by atoms with Gasteiger partial charge in [-0.1, -0.05) is 0 Å². The predicted octanol–water partition coefficient (Wildman–Crippen LogP) is 1.98. The molecule has 0 aromatic carbocycles. The summed E-state index contributed by atoms with van der Waals surface area (Å²) in [5.41, 5.74) is 3.03. The smallest absolute Gasteiger partial charge is 0.0797 e. The molecule has 0 bridgehead atoms. The molecule has 2 heterocycles. The van der Waals surface area contributed by atoms with Crippen LogP contribution in [0.25, 0.3) is 0 Å². The Labute approximate surface area is 103 Å². The highest BCUT2D eigenvalue weighted by Gasteiger charge is 2.19. The second kappa shape index (κ2) is 5.19. The lowest BCUT2D eigenvalue weighted by Gasteiger charge is -2.22. The van der Waals surface area contributed by atoms with E-state index in [2.05, 4.69) is 5.10 Å². The molecule has 1 unspecified atom stereocenters. The maximum atomic E-state index is 9.73. The molecule has 1 N–H and O–H groups in total. The number of nitrogens with zero attached hydrogens (tertiary/aromatic N) is 2. The number of aromatic nitrogens is 2. The predicted molar refractivity (Wildman–Crippen MR) is 65.9 cm³/mol. The summed E-state index contributed by atoms with van der Waals surface area (Å²) >= 11 is 0. The van der Waals surface area contributed by atoms with Crippen LogP contribution in [-0.4, -0.2) is 28.1 Å². The zero-order valence-electron chi connectivity index (χ0n) is 10.9. The Hall–Kier alpha value is -0.870. The fourth-order valence-electron chi connectivity index (χ4n) is 2.67. The maximum Gasteiger partial charge on any atom is 0.0797 e. The van der Waals surface area contributed by atoms with Crippen LogP contribution < -0.4 is 0 Å². The summed E-state index contributed by atoms with van der Waals surface area (Å²) in [5, 5.41) is 14.3. The monoisotopic (exact) mass is 238 g/mol. The molecule has 0 radical (unpaired) electrons. The second-order valence-electron chi connectivity index (χ2n) is 5.00. The highest BCUT2D eigenvalue weighted by molar-refractivity contribution is 5.26. The molecule has 0 spiro atoms. The summed E-state index contributed by atoms with van der Waals surface area (Å²) in [5.74, 6) is 0.656. The molecule has 1 atom stereocenters. The van der Waals surface area contributed by atoms with Crippen LogP contribution in [0.5, 0.6) is 0 Å². The Bertz CT molecular complexity index is 379. The van der Waals surface area contributed by atoms with Gasteiger partial charge in [0.2, 0.25) is 0 Å². The van der Waals surface area contributed by atoms with Crippen LogP contribution in [0.1, 0.15) is 42.8 Å². The van der Waals surface area contributed by atoms with Crippen molar-refractivity contribution in [3.63, 3.8) is 0 Å². The third-order valence-corrected chi connectivity index (χ3v) is 3.63. The van der Waals surface area contributed by atoms with Crippen LogP contribution >= 0.6 is 0 Å². The standard InChI is InChI=1S/C13H22N2O2/c1-9-13(11(3)16)10(2)15(14-9)8-12-4-6-17-7-5-12/h11-12,16H,4-8H2,1-3H3. The Morgan fingerprint density at radius 1 is 1.41 bits per heavy atom. The molecule has 1 aromatic heterocycles. The Morgan fingerprint density at radius 3 is 2.59 bits per heavy atom. The van der Waals surface area contributed by atoms with Crippen molar-refractivity contribution in [2.45, 2.75) is 46.3 Å². The van der Waals surface area contributed by atoms with E-state index in [-0.39, 0.29) is 0 Å². The molecule has 17 heavy (non-hydrogen) atoms. The highest BCUT2D eigenvalue weighted by Crippen LogP contribution is 2.23. The average molecular weight is 238 g/mol. The lowest BCUT2D eigenvalue weighted by molar-refractivity contribution is 0.0599. The summed E-state index contributed by atoms with van der Waals surface area (Å²) in [6.45, 7) is 8.50. The number of aliphatic hydroxyl groups is 1. The number of hydrogen-bond acceptors (Lipinski definition) is 3. The van der Waals surface area contributed by atoms with Crippen molar-refractivity contribution in [2.75, 3.05) is 13.2 Å². The van der Waals surface area contributed by atoms with Crippen LogP contribution in [0.15, 0.2) is 0 Å². The van der Waals surface area contributed by atoms with Gasteiger partial charge in [0.1, 0.15) is 0 Å². The molecule has 1 aliphatic rings. The average Bonchev–Trinajstić information content (AvgIpc) is 2.55. The normalized spacial score (nSPS) is 19.5. The van der Waals surface area contributed by atoms with E-state index in [9.17, 15) is 5.11 Å². The summed E-state index contributed by atoms with van der Waals surface area (Å²) in [6.07, 6.45) is 1.79. The van der Waals surface area contributed by atoms with E-state index in [4.69, 9.17) is 4.74 Å². The van der Waals surface area contributed by atoms with Crippen molar-refractivity contribution in [3.05, 3.63) is 17.0 Å². The van der Waals surface area contributed by atoms with E-state index in [1.54, 1.807) is 6.92 Å². The van der Waals surface area contributed by atoms with Crippen molar-refractivity contribution < 1.29 is 9.84 Å². The van der Waals surface area contributed by atoms with Gasteiger partial charge >= 0.3 is 0 Å². The van der Waals surface area contributed by atoms with Crippen LogP contribution in [0, 0.1) is 19.8 Å². The summed E-state index contributed by atoms with van der Waals surface area (Å²) in [7, 11) is 0. The number of ether oxygens (including phenoxy) is 1. The largest absolute Gasteiger partial charge is 0.389 e. The van der Waals surface area contributed by atoms with E-state index >= 15 is 0 Å². The minimum absolute atomic E-state index is 0.432. The van der Waals surface area contributed by atoms with E-state index in [0.29, 0.717) is 5.92 Å². The highest BCUT2D eigenvalue weighted by atomic mass is 16.5. The van der Waals surface area contributed by atoms with Crippen molar-refractivity contribution in [3.8, 4) is 0 Å². The molecular formula is C13H22N2O2. The van der Waals surface area contributed by atoms with Gasteiger partial charge in [-0.15, -0.1) is 0 Å². The molecule has 4 heteroatoms. The Kier molecular flexibility index (Phi) is 3.84. The Balaban J connectivity index is 2.13. The van der Waals surface area contributed by atoms with Crippen LogP contribution in [0.2, 0.25) is 0 Å². The van der Waals surface area contributed by atoms with Gasteiger partial charge in [0.25, 0.3) is 0 Å². The molecular weight excluding hydrogens is 216 g/mol. The molecule has 1 saturated heterocycles. The molecule has 0 saturated carbocycles. The van der Waals surface area contributed by atoms with Crippen LogP contribution in [0.3, 0.4) is 0 Å². The van der Waals surface area contributed by atoms with E-state index < -0.39 is 6.10 Å². The SMILES string of the molecule is Cc1nn(CC2CCOCC2)c(C)c1C(C)O. The zero-order chi connectivity index (χ0) is 12.4. The topological polar surface area (TPSA) is 47.3 Å². The van der Waals surface area contributed by atoms with Gasteiger partial charge in [0, 0.05) is 31.0 Å². The second-order valence-corrected chi connectivity index (χ2v) is 5.00. The zero-order valence-corrected chi connectivity index (χ0v) is 10.9. The van der Waals surface area contributed by atoms with Gasteiger partial charge < -0.3 is 9.84 Å². The summed E-state index contributed by atoms with van der Waals surface area (Å²) in [4.78, 5) is 0. The van der Waals surface area contributed by atoms with Gasteiger partial charge in [0.05, 0.1) is 11.8 Å². The summed E-state index contributed by atoms with van der Waals surface area (Å²) < 4.78 is 7.41. The van der Waals surface area contributed by atoms with Crippen molar-refractivity contribution in [1.29, 1.82) is 0 Å². The number of aliphatic hydroxyl groups excluding tert-OH is 1. The molecule has 4 nitrogen and oxygen atoms in total. The van der Waals surface area contributed by atoms with E-state index in [1.165, 1.54) is 0 Å². The van der Waals surface area contributed by atoms with Gasteiger partial charge in [-0.25, -0.2) is 0 Å². The summed E-state index contributed by atoms with van der Waals surface area (Å²) in [6, 6.07) is 0. The fourth-order valence-corrected chi connectivity index (χ4v) is 2.67. The molecule has 96 valence electrons.